The van der Waals surface area contributed by atoms with Gasteiger partial charge < -0.3 is 5.32 Å². The Hall–Kier alpha value is -1.74. The molecule has 1 atom stereocenters. The van der Waals surface area contributed by atoms with Crippen LogP contribution in [0.25, 0.3) is 0 Å². The summed E-state index contributed by atoms with van der Waals surface area (Å²) in [5.41, 5.74) is 3.19. The molecule has 0 spiro atoms. The third kappa shape index (κ3) is 3.87. The van der Waals surface area contributed by atoms with Gasteiger partial charge in [-0.25, -0.2) is 0 Å². The van der Waals surface area contributed by atoms with Gasteiger partial charge in [0, 0.05) is 10.6 Å². The van der Waals surface area contributed by atoms with Crippen molar-refractivity contribution in [1.29, 1.82) is 0 Å². The van der Waals surface area contributed by atoms with Crippen LogP contribution in [0.1, 0.15) is 18.1 Å². The van der Waals surface area contributed by atoms with E-state index in [4.69, 9.17) is 0 Å². The largest absolute Gasteiger partial charge is 0.325 e. The molecule has 1 N–H and O–H groups in total. The molecule has 2 aromatic rings. The lowest BCUT2D eigenvalue weighted by Gasteiger charge is -2.13. The minimum absolute atomic E-state index is 0.0323. The summed E-state index contributed by atoms with van der Waals surface area (Å²) >= 11 is 1.57. The van der Waals surface area contributed by atoms with Crippen LogP contribution in [-0.2, 0) is 4.79 Å². The molecule has 0 heterocycles. The van der Waals surface area contributed by atoms with Crippen molar-refractivity contribution in [2.75, 3.05) is 5.32 Å². The van der Waals surface area contributed by atoms with Gasteiger partial charge in [0.05, 0.1) is 5.25 Å². The van der Waals surface area contributed by atoms with Crippen LogP contribution in [0, 0.1) is 13.8 Å². The van der Waals surface area contributed by atoms with E-state index in [0.29, 0.717) is 0 Å². The SMILES string of the molecule is Cc1ccc(S[C@@H](C)C(=O)Nc2ccccc2C)cc1. The van der Waals surface area contributed by atoms with Gasteiger partial charge >= 0.3 is 0 Å². The molecule has 0 aromatic heterocycles. The number of carbonyl (C=O) groups excluding carboxylic acids is 1. The number of thioether (sulfide) groups is 1. The van der Waals surface area contributed by atoms with Crippen LogP contribution in [0.4, 0.5) is 5.69 Å². The van der Waals surface area contributed by atoms with Crippen molar-refractivity contribution in [3.05, 3.63) is 59.7 Å². The molecule has 104 valence electrons. The van der Waals surface area contributed by atoms with E-state index in [1.54, 1.807) is 11.8 Å². The Bertz CT molecular complexity index is 592. The number of hydrogen-bond acceptors (Lipinski definition) is 2. The third-order valence-electron chi connectivity index (χ3n) is 3.11. The zero-order chi connectivity index (χ0) is 14.5. The lowest BCUT2D eigenvalue weighted by atomic mass is 10.2. The lowest BCUT2D eigenvalue weighted by Crippen LogP contribution is -2.22. The molecule has 0 unspecified atom stereocenters. The minimum atomic E-state index is -0.127. The van der Waals surface area contributed by atoms with Crippen LogP contribution in [0.5, 0.6) is 0 Å². The van der Waals surface area contributed by atoms with E-state index in [9.17, 15) is 4.79 Å². The van der Waals surface area contributed by atoms with Crippen molar-refractivity contribution < 1.29 is 4.79 Å². The molecule has 0 fully saturated rings. The first-order valence-corrected chi connectivity index (χ1v) is 7.54. The zero-order valence-corrected chi connectivity index (χ0v) is 12.8. The van der Waals surface area contributed by atoms with Gasteiger partial charge in [-0.15, -0.1) is 11.8 Å². The molecule has 2 nitrogen and oxygen atoms in total. The molecular weight excluding hydrogens is 266 g/mol. The number of carbonyl (C=O) groups is 1. The predicted molar refractivity (Wildman–Crippen MR) is 86.3 cm³/mol. The summed E-state index contributed by atoms with van der Waals surface area (Å²) in [6.07, 6.45) is 0. The second kappa shape index (κ2) is 6.62. The van der Waals surface area contributed by atoms with Crippen molar-refractivity contribution in [2.45, 2.75) is 30.9 Å². The van der Waals surface area contributed by atoms with Gasteiger partial charge in [0.2, 0.25) is 5.91 Å². The molecule has 0 saturated heterocycles. The van der Waals surface area contributed by atoms with Crippen LogP contribution in [0.2, 0.25) is 0 Å². The topological polar surface area (TPSA) is 29.1 Å². The summed E-state index contributed by atoms with van der Waals surface area (Å²) in [6.45, 7) is 5.98. The molecule has 20 heavy (non-hydrogen) atoms. The number of anilines is 1. The van der Waals surface area contributed by atoms with E-state index in [2.05, 4.69) is 36.5 Å². The highest BCUT2D eigenvalue weighted by atomic mass is 32.2. The number of hydrogen-bond donors (Lipinski definition) is 1. The van der Waals surface area contributed by atoms with Gasteiger partial charge in [-0.05, 0) is 44.5 Å². The standard InChI is InChI=1S/C17H19NOS/c1-12-8-10-15(11-9-12)20-14(3)17(19)18-16-7-5-4-6-13(16)2/h4-11,14H,1-3H3,(H,18,19)/t14-/m0/s1. The van der Waals surface area contributed by atoms with Crippen LogP contribution in [0.3, 0.4) is 0 Å². The maximum absolute atomic E-state index is 12.2. The number of aryl methyl sites for hydroxylation is 2. The van der Waals surface area contributed by atoms with Crippen LogP contribution < -0.4 is 5.32 Å². The zero-order valence-electron chi connectivity index (χ0n) is 12.0. The highest BCUT2D eigenvalue weighted by molar-refractivity contribution is 8.00. The van der Waals surface area contributed by atoms with Crippen molar-refractivity contribution >= 4 is 23.4 Å². The van der Waals surface area contributed by atoms with Gasteiger partial charge in [-0.2, -0.15) is 0 Å². The first kappa shape index (κ1) is 14.7. The Morgan fingerprint density at radius 1 is 1.05 bits per heavy atom. The summed E-state index contributed by atoms with van der Waals surface area (Å²) in [4.78, 5) is 13.3. The van der Waals surface area contributed by atoms with E-state index in [-0.39, 0.29) is 11.2 Å². The summed E-state index contributed by atoms with van der Waals surface area (Å²) in [7, 11) is 0. The van der Waals surface area contributed by atoms with Gasteiger partial charge in [0.1, 0.15) is 0 Å². The fourth-order valence-corrected chi connectivity index (χ4v) is 2.69. The Morgan fingerprint density at radius 2 is 1.70 bits per heavy atom. The number of benzene rings is 2. The van der Waals surface area contributed by atoms with Crippen molar-refractivity contribution in [1.82, 2.24) is 0 Å². The Balaban J connectivity index is 1.99. The number of para-hydroxylation sites is 1. The van der Waals surface area contributed by atoms with Crippen LogP contribution >= 0.6 is 11.8 Å². The normalized spacial score (nSPS) is 11.9. The molecule has 0 aliphatic rings. The number of nitrogens with one attached hydrogen (secondary N) is 1. The van der Waals surface area contributed by atoms with Crippen molar-refractivity contribution in [2.24, 2.45) is 0 Å². The quantitative estimate of drug-likeness (QED) is 0.842. The van der Waals surface area contributed by atoms with E-state index < -0.39 is 0 Å². The smallest absolute Gasteiger partial charge is 0.237 e. The van der Waals surface area contributed by atoms with Gasteiger partial charge in [0.25, 0.3) is 0 Å². The van der Waals surface area contributed by atoms with Gasteiger partial charge in [0.15, 0.2) is 0 Å². The van der Waals surface area contributed by atoms with Crippen LogP contribution in [0.15, 0.2) is 53.4 Å². The van der Waals surface area contributed by atoms with Crippen LogP contribution in [-0.4, -0.2) is 11.2 Å². The molecule has 0 saturated carbocycles. The monoisotopic (exact) mass is 285 g/mol. The molecular formula is C17H19NOS. The number of rotatable bonds is 4. The number of amides is 1. The molecule has 0 bridgehead atoms. The molecule has 2 rings (SSSR count). The summed E-state index contributed by atoms with van der Waals surface area (Å²) < 4.78 is 0. The molecule has 0 aliphatic heterocycles. The second-order valence-corrected chi connectivity index (χ2v) is 6.29. The Kier molecular flexibility index (Phi) is 4.85. The molecule has 3 heteroatoms. The van der Waals surface area contributed by atoms with Crippen molar-refractivity contribution in [3.8, 4) is 0 Å². The maximum atomic E-state index is 12.2. The molecule has 0 radical (unpaired) electrons. The first-order valence-electron chi connectivity index (χ1n) is 6.66. The van der Waals surface area contributed by atoms with Gasteiger partial charge in [-0.1, -0.05) is 35.9 Å². The lowest BCUT2D eigenvalue weighted by molar-refractivity contribution is -0.115. The van der Waals surface area contributed by atoms with E-state index >= 15 is 0 Å². The van der Waals surface area contributed by atoms with Gasteiger partial charge in [-0.3, -0.25) is 4.79 Å². The molecule has 0 aliphatic carbocycles. The van der Waals surface area contributed by atoms with E-state index in [0.717, 1.165) is 16.1 Å². The first-order chi connectivity index (χ1) is 9.56. The average Bonchev–Trinajstić information content (AvgIpc) is 2.44. The Labute approximate surface area is 124 Å². The third-order valence-corrected chi connectivity index (χ3v) is 4.22. The highest BCUT2D eigenvalue weighted by Gasteiger charge is 2.15. The highest BCUT2D eigenvalue weighted by Crippen LogP contribution is 2.25. The summed E-state index contributed by atoms with van der Waals surface area (Å²) in [6, 6.07) is 16.1. The van der Waals surface area contributed by atoms with E-state index in [1.165, 1.54) is 5.56 Å². The average molecular weight is 285 g/mol. The molecule has 2 aromatic carbocycles. The van der Waals surface area contributed by atoms with Crippen molar-refractivity contribution in [3.63, 3.8) is 0 Å². The second-order valence-electron chi connectivity index (χ2n) is 4.88. The fraction of sp³-hybridized carbons (Fsp3) is 0.235. The summed E-state index contributed by atoms with van der Waals surface area (Å²) in [5, 5.41) is 2.85. The minimum Gasteiger partial charge on any atom is -0.325 e. The maximum Gasteiger partial charge on any atom is 0.237 e. The predicted octanol–water partition coefficient (Wildman–Crippen LogP) is 4.42. The molecule has 1 amide bonds. The summed E-state index contributed by atoms with van der Waals surface area (Å²) in [5.74, 6) is 0.0323. The fourth-order valence-electron chi connectivity index (χ4n) is 1.82. The van der Waals surface area contributed by atoms with E-state index in [1.807, 2.05) is 38.1 Å². The Morgan fingerprint density at radius 3 is 2.35 bits per heavy atom.